The molecule has 0 spiro atoms. The maximum Gasteiger partial charge on any atom is 0.391 e. The summed E-state index contributed by atoms with van der Waals surface area (Å²) in [7, 11) is 2.04. The highest BCUT2D eigenvalue weighted by atomic mass is 19.4. The third-order valence-electron chi connectivity index (χ3n) is 4.11. The minimum atomic E-state index is -4.04. The van der Waals surface area contributed by atoms with Crippen LogP contribution in [0.15, 0.2) is 0 Å². The lowest BCUT2D eigenvalue weighted by Gasteiger charge is -2.34. The second kappa shape index (κ2) is 6.41. The van der Waals surface area contributed by atoms with Gasteiger partial charge in [-0.3, -0.25) is 0 Å². The molecule has 0 aromatic rings. The normalized spacial score (nSPS) is 34.4. The van der Waals surface area contributed by atoms with Crippen LogP contribution in [0.1, 0.15) is 25.7 Å². The van der Waals surface area contributed by atoms with E-state index in [1.165, 1.54) is 0 Å². The van der Waals surface area contributed by atoms with Gasteiger partial charge in [-0.2, -0.15) is 13.2 Å². The number of alkyl halides is 3. The maximum absolute atomic E-state index is 12.7. The van der Waals surface area contributed by atoms with Gasteiger partial charge in [0.2, 0.25) is 0 Å². The Morgan fingerprint density at radius 2 is 2.11 bits per heavy atom. The van der Waals surface area contributed by atoms with Crippen molar-refractivity contribution in [2.75, 3.05) is 33.3 Å². The molecule has 0 aromatic heterocycles. The fourth-order valence-electron chi connectivity index (χ4n) is 2.96. The van der Waals surface area contributed by atoms with Crippen molar-refractivity contribution < 1.29 is 17.9 Å². The third-order valence-corrected chi connectivity index (χ3v) is 4.11. The van der Waals surface area contributed by atoms with Gasteiger partial charge >= 0.3 is 6.18 Å². The molecule has 1 aliphatic heterocycles. The fraction of sp³-hybridized carbons (Fsp3) is 1.00. The Labute approximate surface area is 112 Å². The van der Waals surface area contributed by atoms with Gasteiger partial charge < -0.3 is 15.0 Å². The maximum atomic E-state index is 12.7. The van der Waals surface area contributed by atoms with Crippen LogP contribution in [0.2, 0.25) is 0 Å². The molecular weight excluding hydrogens is 257 g/mol. The van der Waals surface area contributed by atoms with E-state index >= 15 is 0 Å². The summed E-state index contributed by atoms with van der Waals surface area (Å²) in [5, 5.41) is 3.26. The number of rotatable bonds is 3. The molecule has 3 nitrogen and oxygen atoms in total. The van der Waals surface area contributed by atoms with Crippen molar-refractivity contribution in [2.45, 2.75) is 44.0 Å². The van der Waals surface area contributed by atoms with E-state index in [-0.39, 0.29) is 25.0 Å². The Hall–Kier alpha value is -0.330. The van der Waals surface area contributed by atoms with Crippen molar-refractivity contribution in [3.63, 3.8) is 0 Å². The van der Waals surface area contributed by atoms with E-state index in [1.54, 1.807) is 0 Å². The standard InChI is InChI=1S/C13H23F3N2O/c1-18-5-6-19-12(9-18)8-17-11-4-2-3-10(7-11)13(14,15)16/h10-12,17H,2-9H2,1H3. The molecule has 3 atom stereocenters. The first-order valence-corrected chi connectivity index (χ1v) is 7.05. The zero-order valence-corrected chi connectivity index (χ0v) is 11.4. The smallest absolute Gasteiger partial charge is 0.374 e. The van der Waals surface area contributed by atoms with E-state index < -0.39 is 12.1 Å². The summed E-state index contributed by atoms with van der Waals surface area (Å²) in [6, 6.07) is -0.0174. The molecule has 6 heteroatoms. The molecule has 1 aliphatic carbocycles. The average molecular weight is 280 g/mol. The molecule has 0 bridgehead atoms. The fourth-order valence-corrected chi connectivity index (χ4v) is 2.96. The highest BCUT2D eigenvalue weighted by Crippen LogP contribution is 2.37. The quantitative estimate of drug-likeness (QED) is 0.856. The molecule has 19 heavy (non-hydrogen) atoms. The lowest BCUT2D eigenvalue weighted by Crippen LogP contribution is -2.48. The van der Waals surface area contributed by atoms with Crippen molar-refractivity contribution in [3.05, 3.63) is 0 Å². The van der Waals surface area contributed by atoms with Crippen LogP contribution < -0.4 is 5.32 Å². The molecule has 3 unspecified atom stereocenters. The lowest BCUT2D eigenvalue weighted by molar-refractivity contribution is -0.183. The molecule has 0 amide bonds. The highest BCUT2D eigenvalue weighted by Gasteiger charge is 2.42. The van der Waals surface area contributed by atoms with Gasteiger partial charge in [-0.1, -0.05) is 6.42 Å². The molecule has 0 radical (unpaired) electrons. The minimum absolute atomic E-state index is 0.0174. The first-order valence-electron chi connectivity index (χ1n) is 7.05. The molecule has 2 aliphatic rings. The molecule has 1 saturated heterocycles. The predicted octanol–water partition coefficient (Wildman–Crippen LogP) is 2.03. The second-order valence-corrected chi connectivity index (χ2v) is 5.77. The largest absolute Gasteiger partial charge is 0.391 e. The zero-order chi connectivity index (χ0) is 13.9. The minimum Gasteiger partial charge on any atom is -0.374 e. The Kier molecular flexibility index (Phi) is 5.09. The number of nitrogens with zero attached hydrogens (tertiary/aromatic N) is 1. The van der Waals surface area contributed by atoms with Crippen LogP contribution in [0.25, 0.3) is 0 Å². The van der Waals surface area contributed by atoms with Crippen LogP contribution in [-0.2, 0) is 4.74 Å². The molecular formula is C13H23F3N2O. The highest BCUT2D eigenvalue weighted by molar-refractivity contribution is 4.83. The Morgan fingerprint density at radius 1 is 1.32 bits per heavy atom. The summed E-state index contributed by atoms with van der Waals surface area (Å²) >= 11 is 0. The molecule has 1 saturated carbocycles. The van der Waals surface area contributed by atoms with Crippen LogP contribution in [0.4, 0.5) is 13.2 Å². The molecule has 2 fully saturated rings. The molecule has 1 N–H and O–H groups in total. The van der Waals surface area contributed by atoms with Crippen molar-refractivity contribution in [1.82, 2.24) is 10.2 Å². The molecule has 1 heterocycles. The van der Waals surface area contributed by atoms with Crippen LogP contribution in [-0.4, -0.2) is 56.5 Å². The van der Waals surface area contributed by atoms with Crippen LogP contribution in [0, 0.1) is 5.92 Å². The van der Waals surface area contributed by atoms with Crippen LogP contribution in [0.5, 0.6) is 0 Å². The predicted molar refractivity (Wildman–Crippen MR) is 67.0 cm³/mol. The first-order chi connectivity index (χ1) is 8.95. The molecule has 2 rings (SSSR count). The summed E-state index contributed by atoms with van der Waals surface area (Å²) in [5.74, 6) is -1.13. The number of ether oxygens (including phenoxy) is 1. The van der Waals surface area contributed by atoms with Gasteiger partial charge in [-0.05, 0) is 26.3 Å². The topological polar surface area (TPSA) is 24.5 Å². The monoisotopic (exact) mass is 280 g/mol. The Bertz CT molecular complexity index is 286. The number of halogens is 3. The molecule has 0 aromatic carbocycles. The van der Waals surface area contributed by atoms with E-state index in [0.717, 1.165) is 19.5 Å². The number of likely N-dealkylation sites (N-methyl/N-ethyl adjacent to an activating group) is 1. The van der Waals surface area contributed by atoms with E-state index in [4.69, 9.17) is 4.74 Å². The second-order valence-electron chi connectivity index (χ2n) is 5.77. The van der Waals surface area contributed by atoms with Gasteiger partial charge in [0, 0.05) is 25.7 Å². The summed E-state index contributed by atoms with van der Waals surface area (Å²) in [6.07, 6.45) is -1.94. The van der Waals surface area contributed by atoms with Crippen LogP contribution >= 0.6 is 0 Å². The van der Waals surface area contributed by atoms with Crippen molar-refractivity contribution in [1.29, 1.82) is 0 Å². The first kappa shape index (κ1) is 15.1. The van der Waals surface area contributed by atoms with E-state index in [1.807, 2.05) is 7.05 Å². The van der Waals surface area contributed by atoms with Gasteiger partial charge in [-0.15, -0.1) is 0 Å². The van der Waals surface area contributed by atoms with E-state index in [0.29, 0.717) is 19.6 Å². The Morgan fingerprint density at radius 3 is 2.79 bits per heavy atom. The van der Waals surface area contributed by atoms with Gasteiger partial charge in [-0.25, -0.2) is 0 Å². The van der Waals surface area contributed by atoms with Crippen molar-refractivity contribution >= 4 is 0 Å². The van der Waals surface area contributed by atoms with Gasteiger partial charge in [0.15, 0.2) is 0 Å². The summed E-state index contributed by atoms with van der Waals surface area (Å²) < 4.78 is 43.7. The summed E-state index contributed by atoms with van der Waals surface area (Å²) in [5.41, 5.74) is 0. The van der Waals surface area contributed by atoms with Gasteiger partial charge in [0.1, 0.15) is 0 Å². The van der Waals surface area contributed by atoms with E-state index in [2.05, 4.69) is 10.2 Å². The summed E-state index contributed by atoms with van der Waals surface area (Å²) in [6.45, 7) is 3.14. The third kappa shape index (κ3) is 4.61. The number of hydrogen-bond donors (Lipinski definition) is 1. The SMILES string of the molecule is CN1CCOC(CNC2CCCC(C(F)(F)F)C2)C1. The molecule has 112 valence electrons. The average Bonchev–Trinajstić information content (AvgIpc) is 2.36. The van der Waals surface area contributed by atoms with Crippen LogP contribution in [0.3, 0.4) is 0 Å². The van der Waals surface area contributed by atoms with Gasteiger partial charge in [0.25, 0.3) is 0 Å². The van der Waals surface area contributed by atoms with Crippen molar-refractivity contribution in [2.24, 2.45) is 5.92 Å². The number of morpholine rings is 1. The van der Waals surface area contributed by atoms with E-state index in [9.17, 15) is 13.2 Å². The number of hydrogen-bond acceptors (Lipinski definition) is 3. The summed E-state index contributed by atoms with van der Waals surface area (Å²) in [4.78, 5) is 2.19. The van der Waals surface area contributed by atoms with Crippen molar-refractivity contribution in [3.8, 4) is 0 Å². The number of nitrogens with one attached hydrogen (secondary N) is 1. The Balaban J connectivity index is 1.73. The lowest BCUT2D eigenvalue weighted by atomic mass is 9.85. The van der Waals surface area contributed by atoms with Gasteiger partial charge in [0.05, 0.1) is 18.6 Å². The zero-order valence-electron chi connectivity index (χ0n) is 11.4.